The highest BCUT2D eigenvalue weighted by atomic mass is 32.2. The molecule has 1 heterocycles. The van der Waals surface area contributed by atoms with Crippen LogP contribution in [0.15, 0.2) is 47.6 Å². The fourth-order valence-electron chi connectivity index (χ4n) is 1.71. The number of hydrogen-bond acceptors (Lipinski definition) is 3. The zero-order valence-electron chi connectivity index (χ0n) is 10.3. The first-order chi connectivity index (χ1) is 8.66. The molecule has 1 aromatic carbocycles. The summed E-state index contributed by atoms with van der Waals surface area (Å²) in [5, 5.41) is 0. The molecule has 1 atom stereocenters. The zero-order valence-corrected chi connectivity index (χ0v) is 11.1. The van der Waals surface area contributed by atoms with E-state index < -0.39 is 10.8 Å². The third-order valence-corrected chi connectivity index (χ3v) is 4.16. The number of aryl methyl sites for hydroxylation is 2. The van der Waals surface area contributed by atoms with Crippen molar-refractivity contribution in [2.45, 2.75) is 18.2 Å². The summed E-state index contributed by atoms with van der Waals surface area (Å²) in [5.74, 6) is 0.581. The maximum Gasteiger partial charge on any atom is 0.0620 e. The van der Waals surface area contributed by atoms with Crippen molar-refractivity contribution >= 4 is 16.5 Å². The van der Waals surface area contributed by atoms with Crippen molar-refractivity contribution in [3.63, 3.8) is 0 Å². The van der Waals surface area contributed by atoms with Gasteiger partial charge in [0, 0.05) is 23.8 Å². The van der Waals surface area contributed by atoms with E-state index in [0.29, 0.717) is 11.4 Å². The molecule has 1 unspecified atom stereocenters. The molecule has 2 N–H and O–H groups in total. The molecular weight excluding hydrogens is 244 g/mol. The predicted molar refractivity (Wildman–Crippen MR) is 74.8 cm³/mol. The first kappa shape index (κ1) is 12.8. The Morgan fingerprint density at radius 3 is 2.67 bits per heavy atom. The Morgan fingerprint density at radius 1 is 1.22 bits per heavy atom. The van der Waals surface area contributed by atoms with E-state index >= 15 is 0 Å². The molecule has 0 aliphatic carbocycles. The van der Waals surface area contributed by atoms with Crippen molar-refractivity contribution in [1.29, 1.82) is 0 Å². The molecule has 0 spiro atoms. The quantitative estimate of drug-likeness (QED) is 0.858. The average molecular weight is 260 g/mol. The maximum atomic E-state index is 12.2. The highest BCUT2D eigenvalue weighted by Crippen LogP contribution is 2.18. The van der Waals surface area contributed by atoms with E-state index in [9.17, 15) is 4.21 Å². The van der Waals surface area contributed by atoms with Gasteiger partial charge in [0.15, 0.2) is 0 Å². The molecule has 94 valence electrons. The lowest BCUT2D eigenvalue weighted by Crippen LogP contribution is -2.05. The Balaban J connectivity index is 2.06. The Hall–Kier alpha value is -1.68. The van der Waals surface area contributed by atoms with Gasteiger partial charge in [0.1, 0.15) is 0 Å². The lowest BCUT2D eigenvalue weighted by Gasteiger charge is -2.07. The Bertz CT molecular complexity index is 555. The Kier molecular flexibility index (Phi) is 4.10. The standard InChI is InChI=1S/C14H16N2OS/c1-11-2-3-13(15)14(10-11)18(17)9-6-12-4-7-16-8-5-12/h2-5,7-8,10H,6,9,15H2,1H3. The van der Waals surface area contributed by atoms with Gasteiger partial charge < -0.3 is 5.73 Å². The zero-order chi connectivity index (χ0) is 13.0. The van der Waals surface area contributed by atoms with Gasteiger partial charge >= 0.3 is 0 Å². The molecule has 0 amide bonds. The SMILES string of the molecule is Cc1ccc(N)c(S(=O)CCc2ccncc2)c1. The van der Waals surface area contributed by atoms with Crippen molar-refractivity contribution in [3.8, 4) is 0 Å². The van der Waals surface area contributed by atoms with Gasteiger partial charge in [-0.25, -0.2) is 0 Å². The summed E-state index contributed by atoms with van der Waals surface area (Å²) in [6.07, 6.45) is 4.26. The van der Waals surface area contributed by atoms with Crippen LogP contribution < -0.4 is 5.73 Å². The predicted octanol–water partition coefficient (Wildman–Crippen LogP) is 2.32. The van der Waals surface area contributed by atoms with Crippen molar-refractivity contribution in [2.24, 2.45) is 0 Å². The van der Waals surface area contributed by atoms with Gasteiger partial charge in [-0.05, 0) is 48.7 Å². The van der Waals surface area contributed by atoms with Crippen molar-refractivity contribution in [1.82, 2.24) is 4.98 Å². The third-order valence-electron chi connectivity index (χ3n) is 2.74. The molecule has 0 bridgehead atoms. The molecule has 0 saturated heterocycles. The summed E-state index contributed by atoms with van der Waals surface area (Å²) >= 11 is 0. The average Bonchev–Trinajstić information content (AvgIpc) is 2.40. The van der Waals surface area contributed by atoms with Crippen LogP contribution in [0.5, 0.6) is 0 Å². The van der Waals surface area contributed by atoms with E-state index in [4.69, 9.17) is 5.73 Å². The van der Waals surface area contributed by atoms with Crippen LogP contribution >= 0.6 is 0 Å². The molecule has 0 radical (unpaired) electrons. The highest BCUT2D eigenvalue weighted by Gasteiger charge is 2.08. The molecule has 3 nitrogen and oxygen atoms in total. The van der Waals surface area contributed by atoms with Gasteiger partial charge in [-0.1, -0.05) is 6.07 Å². The molecule has 2 rings (SSSR count). The minimum Gasteiger partial charge on any atom is -0.398 e. The highest BCUT2D eigenvalue weighted by molar-refractivity contribution is 7.85. The van der Waals surface area contributed by atoms with E-state index in [1.807, 2.05) is 37.3 Å². The number of nitrogens with zero attached hydrogens (tertiary/aromatic N) is 1. The van der Waals surface area contributed by atoms with Gasteiger partial charge in [-0.3, -0.25) is 9.19 Å². The normalized spacial score (nSPS) is 12.3. The van der Waals surface area contributed by atoms with Gasteiger partial charge in [0.25, 0.3) is 0 Å². The van der Waals surface area contributed by atoms with Crippen LogP contribution in [0.1, 0.15) is 11.1 Å². The first-order valence-electron chi connectivity index (χ1n) is 5.80. The summed E-state index contributed by atoms with van der Waals surface area (Å²) in [6, 6.07) is 9.53. The van der Waals surface area contributed by atoms with Crippen LogP contribution in [-0.4, -0.2) is 14.9 Å². The van der Waals surface area contributed by atoms with Crippen LogP contribution in [-0.2, 0) is 17.2 Å². The lowest BCUT2D eigenvalue weighted by atomic mass is 10.2. The van der Waals surface area contributed by atoms with E-state index in [2.05, 4.69) is 4.98 Å². The summed E-state index contributed by atoms with van der Waals surface area (Å²) in [5.41, 5.74) is 8.68. The minimum atomic E-state index is -1.05. The molecular formula is C14H16N2OS. The molecule has 0 saturated carbocycles. The van der Waals surface area contributed by atoms with Gasteiger partial charge in [-0.2, -0.15) is 0 Å². The van der Waals surface area contributed by atoms with Gasteiger partial charge in [0.05, 0.1) is 15.7 Å². The number of anilines is 1. The molecule has 1 aromatic heterocycles. The molecule has 18 heavy (non-hydrogen) atoms. The topological polar surface area (TPSA) is 56.0 Å². The summed E-state index contributed by atoms with van der Waals surface area (Å²) in [4.78, 5) is 4.70. The van der Waals surface area contributed by atoms with Crippen LogP contribution in [0.4, 0.5) is 5.69 Å². The second-order valence-electron chi connectivity index (χ2n) is 4.20. The van der Waals surface area contributed by atoms with Crippen molar-refractivity contribution in [2.75, 3.05) is 11.5 Å². The van der Waals surface area contributed by atoms with Crippen LogP contribution in [0.25, 0.3) is 0 Å². The smallest absolute Gasteiger partial charge is 0.0620 e. The van der Waals surface area contributed by atoms with Crippen LogP contribution in [0, 0.1) is 6.92 Å². The third kappa shape index (κ3) is 3.17. The second-order valence-corrected chi connectivity index (χ2v) is 5.74. The lowest BCUT2D eigenvalue weighted by molar-refractivity contribution is 0.682. The molecule has 0 fully saturated rings. The van der Waals surface area contributed by atoms with Crippen molar-refractivity contribution < 1.29 is 4.21 Å². The second kappa shape index (κ2) is 5.78. The first-order valence-corrected chi connectivity index (χ1v) is 7.12. The molecule has 0 aliphatic rings. The fraction of sp³-hybridized carbons (Fsp3) is 0.214. The number of hydrogen-bond donors (Lipinski definition) is 1. The van der Waals surface area contributed by atoms with Crippen LogP contribution in [0.2, 0.25) is 0 Å². The number of nitrogens with two attached hydrogens (primary N) is 1. The minimum absolute atomic E-state index is 0.581. The van der Waals surface area contributed by atoms with E-state index in [-0.39, 0.29) is 0 Å². The van der Waals surface area contributed by atoms with E-state index in [1.54, 1.807) is 12.4 Å². The number of aromatic nitrogens is 1. The molecule has 4 heteroatoms. The maximum absolute atomic E-state index is 12.2. The largest absolute Gasteiger partial charge is 0.398 e. The molecule has 0 aliphatic heterocycles. The van der Waals surface area contributed by atoms with Gasteiger partial charge in [-0.15, -0.1) is 0 Å². The van der Waals surface area contributed by atoms with Crippen molar-refractivity contribution in [3.05, 3.63) is 53.9 Å². The summed E-state index contributed by atoms with van der Waals surface area (Å²) < 4.78 is 12.2. The fourth-order valence-corrected chi connectivity index (χ4v) is 3.00. The number of pyridine rings is 1. The molecule has 2 aromatic rings. The number of rotatable bonds is 4. The monoisotopic (exact) mass is 260 g/mol. The summed E-state index contributed by atoms with van der Waals surface area (Å²) in [7, 11) is -1.05. The summed E-state index contributed by atoms with van der Waals surface area (Å²) in [6.45, 7) is 1.98. The van der Waals surface area contributed by atoms with Crippen LogP contribution in [0.3, 0.4) is 0 Å². The van der Waals surface area contributed by atoms with E-state index in [1.165, 1.54) is 0 Å². The van der Waals surface area contributed by atoms with Gasteiger partial charge in [0.2, 0.25) is 0 Å². The Labute approximate surface area is 110 Å². The number of benzene rings is 1. The number of nitrogen functional groups attached to an aromatic ring is 1. The Morgan fingerprint density at radius 2 is 1.94 bits per heavy atom. The van der Waals surface area contributed by atoms with E-state index in [0.717, 1.165) is 22.4 Å².